The van der Waals surface area contributed by atoms with Gasteiger partial charge in [-0.1, -0.05) is 0 Å². The van der Waals surface area contributed by atoms with Crippen molar-refractivity contribution in [2.75, 3.05) is 0 Å². The Hall–Kier alpha value is -1.39. The van der Waals surface area contributed by atoms with Crippen LogP contribution in [0.2, 0.25) is 0 Å². The van der Waals surface area contributed by atoms with Crippen LogP contribution < -0.4 is 5.32 Å². The first kappa shape index (κ1) is 13.7. The van der Waals surface area contributed by atoms with Gasteiger partial charge in [0, 0.05) is 12.5 Å². The highest BCUT2D eigenvalue weighted by Gasteiger charge is 2.30. The molecule has 0 aliphatic heterocycles. The zero-order chi connectivity index (χ0) is 13.1. The van der Waals surface area contributed by atoms with Crippen LogP contribution in [0.15, 0.2) is 0 Å². The molecular weight excluding hydrogens is 222 g/mol. The molecule has 1 saturated carbocycles. The third kappa shape index (κ3) is 4.54. The molecule has 5 nitrogen and oxygen atoms in total. The first-order chi connectivity index (χ1) is 7.81. The molecule has 2 atom stereocenters. The molecule has 1 rings (SSSR count). The summed E-state index contributed by atoms with van der Waals surface area (Å²) in [7, 11) is 0. The van der Waals surface area contributed by atoms with Gasteiger partial charge in [-0.05, 0) is 33.6 Å². The summed E-state index contributed by atoms with van der Waals surface area (Å²) < 4.78 is 5.11. The number of ether oxygens (including phenoxy) is 1. The lowest BCUT2D eigenvalue weighted by Crippen LogP contribution is -2.43. The number of alkyl carbamates (subject to hydrolysis) is 1. The van der Waals surface area contributed by atoms with E-state index in [1.54, 1.807) is 20.8 Å². The summed E-state index contributed by atoms with van der Waals surface area (Å²) in [5.74, 6) is -0.620. The summed E-state index contributed by atoms with van der Waals surface area (Å²) >= 11 is 0. The third-order valence-electron chi connectivity index (χ3n) is 2.58. The van der Waals surface area contributed by atoms with Crippen LogP contribution in [-0.2, 0) is 14.3 Å². The van der Waals surface area contributed by atoms with E-state index in [0.29, 0.717) is 25.5 Å². The van der Waals surface area contributed by atoms with E-state index in [2.05, 4.69) is 5.32 Å². The standard InChI is InChI=1S/C12H19NO4/c1-12(2,3)17-11(16)13-9-4-5-10(15)8(6-9)7-14/h7-9H,4-6H2,1-3H3,(H,13,16). The Labute approximate surface area is 101 Å². The van der Waals surface area contributed by atoms with Gasteiger partial charge >= 0.3 is 6.09 Å². The SMILES string of the molecule is CC(C)(C)OC(=O)NC1CCC(=O)C(C=O)C1. The van der Waals surface area contributed by atoms with Gasteiger partial charge in [-0.2, -0.15) is 0 Å². The summed E-state index contributed by atoms with van der Waals surface area (Å²) in [4.78, 5) is 33.5. The number of hydrogen-bond donors (Lipinski definition) is 1. The van der Waals surface area contributed by atoms with E-state index in [0.717, 1.165) is 0 Å². The minimum Gasteiger partial charge on any atom is -0.444 e. The molecular formula is C12H19NO4. The Morgan fingerprint density at radius 1 is 1.47 bits per heavy atom. The molecule has 1 aliphatic carbocycles. The number of nitrogens with one attached hydrogen (secondary N) is 1. The lowest BCUT2D eigenvalue weighted by molar-refractivity contribution is -0.129. The first-order valence-corrected chi connectivity index (χ1v) is 5.79. The third-order valence-corrected chi connectivity index (χ3v) is 2.58. The fourth-order valence-corrected chi connectivity index (χ4v) is 1.79. The molecule has 1 aliphatic rings. The van der Waals surface area contributed by atoms with Gasteiger partial charge in [0.25, 0.3) is 0 Å². The van der Waals surface area contributed by atoms with E-state index >= 15 is 0 Å². The molecule has 2 unspecified atom stereocenters. The van der Waals surface area contributed by atoms with Gasteiger partial charge in [0.2, 0.25) is 0 Å². The van der Waals surface area contributed by atoms with E-state index in [-0.39, 0.29) is 11.8 Å². The maximum atomic E-state index is 11.5. The largest absolute Gasteiger partial charge is 0.444 e. The second kappa shape index (κ2) is 5.29. The van der Waals surface area contributed by atoms with Crippen LogP contribution in [0.25, 0.3) is 0 Å². The summed E-state index contributed by atoms with van der Waals surface area (Å²) in [6, 6.07) is -0.155. The van der Waals surface area contributed by atoms with Crippen molar-refractivity contribution in [3.8, 4) is 0 Å². The maximum Gasteiger partial charge on any atom is 0.407 e. The quantitative estimate of drug-likeness (QED) is 0.586. The van der Waals surface area contributed by atoms with Crippen LogP contribution in [0.3, 0.4) is 0 Å². The second-order valence-corrected chi connectivity index (χ2v) is 5.33. The summed E-state index contributed by atoms with van der Waals surface area (Å²) in [5, 5.41) is 2.69. The first-order valence-electron chi connectivity index (χ1n) is 5.79. The summed E-state index contributed by atoms with van der Waals surface area (Å²) in [5.41, 5.74) is -0.543. The number of carbonyl (C=O) groups is 3. The number of amides is 1. The van der Waals surface area contributed by atoms with Crippen LogP contribution in [0, 0.1) is 5.92 Å². The number of hydrogen-bond acceptors (Lipinski definition) is 4. The van der Waals surface area contributed by atoms with Crippen LogP contribution in [-0.4, -0.2) is 29.8 Å². The highest BCUT2D eigenvalue weighted by Crippen LogP contribution is 2.20. The van der Waals surface area contributed by atoms with Crippen molar-refractivity contribution in [3.05, 3.63) is 0 Å². The number of carbonyl (C=O) groups excluding carboxylic acids is 3. The molecule has 1 fully saturated rings. The molecule has 5 heteroatoms. The lowest BCUT2D eigenvalue weighted by atomic mass is 9.85. The smallest absolute Gasteiger partial charge is 0.407 e. The van der Waals surface area contributed by atoms with E-state index in [1.165, 1.54) is 0 Å². The molecule has 96 valence electrons. The molecule has 1 N–H and O–H groups in total. The maximum absolute atomic E-state index is 11.5. The Morgan fingerprint density at radius 3 is 2.65 bits per heavy atom. The van der Waals surface area contributed by atoms with Crippen molar-refractivity contribution in [2.24, 2.45) is 5.92 Å². The van der Waals surface area contributed by atoms with Crippen molar-refractivity contribution in [3.63, 3.8) is 0 Å². The molecule has 0 heterocycles. The zero-order valence-corrected chi connectivity index (χ0v) is 10.5. The summed E-state index contributed by atoms with van der Waals surface area (Å²) in [6.07, 6.45) is 1.44. The van der Waals surface area contributed by atoms with Gasteiger partial charge in [0.1, 0.15) is 17.7 Å². The van der Waals surface area contributed by atoms with Gasteiger partial charge in [0.15, 0.2) is 0 Å². The fraction of sp³-hybridized carbons (Fsp3) is 0.750. The monoisotopic (exact) mass is 241 g/mol. The average Bonchev–Trinajstić information content (AvgIpc) is 2.18. The van der Waals surface area contributed by atoms with Crippen LogP contribution in [0.1, 0.15) is 40.0 Å². The van der Waals surface area contributed by atoms with Crippen LogP contribution in [0.5, 0.6) is 0 Å². The highest BCUT2D eigenvalue weighted by molar-refractivity contribution is 5.94. The molecule has 0 aromatic rings. The predicted octanol–water partition coefficient (Wildman–Crippen LogP) is 1.45. The van der Waals surface area contributed by atoms with Crippen molar-refractivity contribution in [1.82, 2.24) is 5.32 Å². The normalized spacial score (nSPS) is 25.2. The molecule has 0 aromatic heterocycles. The minimum absolute atomic E-state index is 0.0396. The summed E-state index contributed by atoms with van der Waals surface area (Å²) in [6.45, 7) is 5.35. The van der Waals surface area contributed by atoms with Crippen molar-refractivity contribution in [2.45, 2.75) is 51.7 Å². The van der Waals surface area contributed by atoms with E-state index < -0.39 is 17.6 Å². The number of Topliss-reactive ketones (excluding diaryl/α,β-unsaturated/α-hetero) is 1. The lowest BCUT2D eigenvalue weighted by Gasteiger charge is -2.27. The van der Waals surface area contributed by atoms with Gasteiger partial charge < -0.3 is 14.8 Å². The Morgan fingerprint density at radius 2 is 2.12 bits per heavy atom. The fourth-order valence-electron chi connectivity index (χ4n) is 1.79. The van der Waals surface area contributed by atoms with Gasteiger partial charge in [0.05, 0.1) is 5.92 Å². The number of ketones is 1. The molecule has 0 radical (unpaired) electrons. The second-order valence-electron chi connectivity index (χ2n) is 5.33. The zero-order valence-electron chi connectivity index (χ0n) is 10.5. The Bertz CT molecular complexity index is 319. The molecule has 1 amide bonds. The van der Waals surface area contributed by atoms with Gasteiger partial charge in [-0.15, -0.1) is 0 Å². The Kier molecular flexibility index (Phi) is 4.26. The van der Waals surface area contributed by atoms with E-state index in [9.17, 15) is 14.4 Å². The van der Waals surface area contributed by atoms with E-state index in [4.69, 9.17) is 4.74 Å². The average molecular weight is 241 g/mol. The van der Waals surface area contributed by atoms with Crippen molar-refractivity contribution < 1.29 is 19.1 Å². The van der Waals surface area contributed by atoms with E-state index in [1.807, 2.05) is 0 Å². The molecule has 0 bridgehead atoms. The van der Waals surface area contributed by atoms with Gasteiger partial charge in [-0.25, -0.2) is 4.79 Å². The van der Waals surface area contributed by atoms with Crippen LogP contribution >= 0.6 is 0 Å². The number of aldehydes is 1. The number of rotatable bonds is 2. The molecule has 17 heavy (non-hydrogen) atoms. The minimum atomic E-state index is -0.580. The predicted molar refractivity (Wildman–Crippen MR) is 61.6 cm³/mol. The van der Waals surface area contributed by atoms with Crippen molar-refractivity contribution >= 4 is 18.2 Å². The van der Waals surface area contributed by atoms with Gasteiger partial charge in [-0.3, -0.25) is 4.79 Å². The molecule has 0 spiro atoms. The highest BCUT2D eigenvalue weighted by atomic mass is 16.6. The molecule has 0 aromatic carbocycles. The topological polar surface area (TPSA) is 72.5 Å². The van der Waals surface area contributed by atoms with Crippen molar-refractivity contribution in [1.29, 1.82) is 0 Å². The molecule has 0 saturated heterocycles. The Balaban J connectivity index is 2.45. The van der Waals surface area contributed by atoms with Crippen LogP contribution in [0.4, 0.5) is 4.79 Å².